The molecule has 17 heavy (non-hydrogen) atoms. The average molecular weight is 231 g/mol. The van der Waals surface area contributed by atoms with Crippen LogP contribution < -0.4 is 10.1 Å². The van der Waals surface area contributed by atoms with Gasteiger partial charge in [0.15, 0.2) is 0 Å². The summed E-state index contributed by atoms with van der Waals surface area (Å²) >= 11 is 0. The summed E-state index contributed by atoms with van der Waals surface area (Å²) in [6.45, 7) is 4.25. The molecule has 0 aliphatic heterocycles. The zero-order valence-corrected chi connectivity index (χ0v) is 10.3. The quantitative estimate of drug-likeness (QED) is 0.878. The van der Waals surface area contributed by atoms with E-state index < -0.39 is 0 Å². The number of benzene rings is 1. The minimum atomic E-state index is 0.387. The van der Waals surface area contributed by atoms with Crippen molar-refractivity contribution in [3.63, 3.8) is 0 Å². The number of nitrogens with zero attached hydrogens (tertiary/aromatic N) is 2. The second-order valence-electron chi connectivity index (χ2n) is 4.11. The Morgan fingerprint density at radius 2 is 1.94 bits per heavy atom. The first-order valence-corrected chi connectivity index (χ1v) is 5.64. The molecule has 4 heteroatoms. The van der Waals surface area contributed by atoms with Crippen molar-refractivity contribution in [2.75, 3.05) is 12.4 Å². The normalized spacial score (nSPS) is 10.6. The summed E-state index contributed by atoms with van der Waals surface area (Å²) < 4.78 is 7.21. The molecule has 0 saturated heterocycles. The van der Waals surface area contributed by atoms with E-state index in [0.29, 0.717) is 6.04 Å². The predicted molar refractivity (Wildman–Crippen MR) is 68.9 cm³/mol. The highest BCUT2D eigenvalue weighted by Gasteiger charge is 2.05. The lowest BCUT2D eigenvalue weighted by Crippen LogP contribution is -2.05. The van der Waals surface area contributed by atoms with Crippen LogP contribution in [0.5, 0.6) is 5.75 Å². The molecule has 0 radical (unpaired) electrons. The van der Waals surface area contributed by atoms with Crippen molar-refractivity contribution in [1.29, 1.82) is 0 Å². The van der Waals surface area contributed by atoms with Crippen LogP contribution in [-0.4, -0.2) is 16.7 Å². The van der Waals surface area contributed by atoms with Crippen molar-refractivity contribution in [1.82, 2.24) is 9.55 Å². The number of nitrogens with one attached hydrogen (secondary N) is 1. The van der Waals surface area contributed by atoms with E-state index in [4.69, 9.17) is 4.74 Å². The Labute approximate surface area is 101 Å². The number of hydrogen-bond acceptors (Lipinski definition) is 3. The van der Waals surface area contributed by atoms with Crippen LogP contribution in [0.25, 0.3) is 0 Å². The molecule has 1 aromatic carbocycles. The van der Waals surface area contributed by atoms with Gasteiger partial charge in [-0.15, -0.1) is 0 Å². The summed E-state index contributed by atoms with van der Waals surface area (Å²) in [5.41, 5.74) is 0.999. The lowest BCUT2D eigenvalue weighted by atomic mass is 10.3. The fraction of sp³-hybridized carbons (Fsp3) is 0.308. The second-order valence-corrected chi connectivity index (χ2v) is 4.11. The zero-order chi connectivity index (χ0) is 12.3. The molecule has 4 nitrogen and oxygen atoms in total. The summed E-state index contributed by atoms with van der Waals surface area (Å²) in [7, 11) is 1.66. The van der Waals surface area contributed by atoms with Crippen LogP contribution in [0.4, 0.5) is 11.6 Å². The first-order valence-electron chi connectivity index (χ1n) is 5.64. The van der Waals surface area contributed by atoms with E-state index >= 15 is 0 Å². The molecule has 1 N–H and O–H groups in total. The topological polar surface area (TPSA) is 39.1 Å². The molecule has 2 aromatic rings. The van der Waals surface area contributed by atoms with E-state index in [9.17, 15) is 0 Å². The first-order chi connectivity index (χ1) is 8.20. The molecule has 1 heterocycles. The summed E-state index contributed by atoms with van der Waals surface area (Å²) in [4.78, 5) is 4.30. The highest BCUT2D eigenvalue weighted by molar-refractivity contribution is 5.54. The Bertz CT molecular complexity index is 474. The molecule has 0 aliphatic carbocycles. The fourth-order valence-electron chi connectivity index (χ4n) is 1.63. The molecule has 0 amide bonds. The van der Waals surface area contributed by atoms with Crippen molar-refractivity contribution in [2.45, 2.75) is 19.9 Å². The number of anilines is 2. The van der Waals surface area contributed by atoms with Crippen LogP contribution in [0, 0.1) is 0 Å². The van der Waals surface area contributed by atoms with Crippen LogP contribution in [-0.2, 0) is 0 Å². The molecule has 0 spiro atoms. The van der Waals surface area contributed by atoms with E-state index in [-0.39, 0.29) is 0 Å². The third-order valence-corrected chi connectivity index (χ3v) is 2.57. The number of imidazole rings is 1. The van der Waals surface area contributed by atoms with Gasteiger partial charge in [0.25, 0.3) is 0 Å². The molecule has 0 aliphatic rings. The maximum atomic E-state index is 5.12. The molecule has 0 unspecified atom stereocenters. The van der Waals surface area contributed by atoms with E-state index in [2.05, 4.69) is 28.7 Å². The molecule has 0 bridgehead atoms. The van der Waals surface area contributed by atoms with Crippen LogP contribution >= 0.6 is 0 Å². The number of methoxy groups -OCH3 is 1. The van der Waals surface area contributed by atoms with Crippen molar-refractivity contribution >= 4 is 11.6 Å². The Hall–Kier alpha value is -1.97. The summed E-state index contributed by atoms with van der Waals surface area (Å²) in [6.07, 6.45) is 3.77. The van der Waals surface area contributed by atoms with Crippen molar-refractivity contribution in [2.24, 2.45) is 0 Å². The molecular weight excluding hydrogens is 214 g/mol. The van der Waals surface area contributed by atoms with Gasteiger partial charge in [-0.3, -0.25) is 0 Å². The molecule has 1 aromatic heterocycles. The Kier molecular flexibility index (Phi) is 3.32. The summed E-state index contributed by atoms with van der Waals surface area (Å²) in [5, 5.41) is 3.28. The lowest BCUT2D eigenvalue weighted by Gasteiger charge is -2.12. The van der Waals surface area contributed by atoms with Crippen molar-refractivity contribution < 1.29 is 4.74 Å². The molecule has 0 fully saturated rings. The monoisotopic (exact) mass is 231 g/mol. The van der Waals surface area contributed by atoms with Gasteiger partial charge in [0, 0.05) is 24.1 Å². The van der Waals surface area contributed by atoms with Gasteiger partial charge in [0.05, 0.1) is 7.11 Å². The second kappa shape index (κ2) is 4.91. The molecule has 0 saturated carbocycles. The molecule has 2 rings (SSSR count). The van der Waals surface area contributed by atoms with E-state index in [1.807, 2.05) is 30.5 Å². The van der Waals surface area contributed by atoms with E-state index in [0.717, 1.165) is 17.4 Å². The van der Waals surface area contributed by atoms with Gasteiger partial charge in [0.1, 0.15) is 5.75 Å². The van der Waals surface area contributed by atoms with Gasteiger partial charge >= 0.3 is 0 Å². The first kappa shape index (κ1) is 11.5. The molecule has 90 valence electrons. The van der Waals surface area contributed by atoms with E-state index in [1.54, 1.807) is 13.3 Å². The third-order valence-electron chi connectivity index (χ3n) is 2.57. The number of rotatable bonds is 4. The average Bonchev–Trinajstić information content (AvgIpc) is 2.78. The Balaban J connectivity index is 2.16. The highest BCUT2D eigenvalue weighted by Crippen LogP contribution is 2.20. The van der Waals surface area contributed by atoms with Gasteiger partial charge < -0.3 is 14.6 Å². The summed E-state index contributed by atoms with van der Waals surface area (Å²) in [5.74, 6) is 1.70. The standard InChI is InChI=1S/C13H17N3O/c1-10(2)16-9-8-14-13(16)15-11-4-6-12(17-3)7-5-11/h4-10H,1-3H3,(H,14,15). The van der Waals surface area contributed by atoms with Crippen LogP contribution in [0.2, 0.25) is 0 Å². The lowest BCUT2D eigenvalue weighted by molar-refractivity contribution is 0.415. The zero-order valence-electron chi connectivity index (χ0n) is 10.3. The largest absolute Gasteiger partial charge is 0.497 e. The Morgan fingerprint density at radius 3 is 2.53 bits per heavy atom. The predicted octanol–water partition coefficient (Wildman–Crippen LogP) is 3.22. The number of aromatic nitrogens is 2. The van der Waals surface area contributed by atoms with Gasteiger partial charge in [-0.25, -0.2) is 4.98 Å². The maximum absolute atomic E-state index is 5.12. The van der Waals surface area contributed by atoms with Gasteiger partial charge in [0.2, 0.25) is 5.95 Å². The minimum absolute atomic E-state index is 0.387. The van der Waals surface area contributed by atoms with Crippen molar-refractivity contribution in [3.05, 3.63) is 36.7 Å². The maximum Gasteiger partial charge on any atom is 0.207 e. The Morgan fingerprint density at radius 1 is 1.24 bits per heavy atom. The van der Waals surface area contributed by atoms with Gasteiger partial charge in [-0.1, -0.05) is 0 Å². The highest BCUT2D eigenvalue weighted by atomic mass is 16.5. The van der Waals surface area contributed by atoms with Crippen LogP contribution in [0.15, 0.2) is 36.7 Å². The number of hydrogen-bond donors (Lipinski definition) is 1. The van der Waals surface area contributed by atoms with Crippen LogP contribution in [0.3, 0.4) is 0 Å². The molecular formula is C13H17N3O. The van der Waals surface area contributed by atoms with Crippen molar-refractivity contribution in [3.8, 4) is 5.75 Å². The van der Waals surface area contributed by atoms with E-state index in [1.165, 1.54) is 0 Å². The summed E-state index contributed by atoms with van der Waals surface area (Å²) in [6, 6.07) is 8.17. The third kappa shape index (κ3) is 2.58. The van der Waals surface area contributed by atoms with Gasteiger partial charge in [-0.2, -0.15) is 0 Å². The fourth-order valence-corrected chi connectivity index (χ4v) is 1.63. The number of ether oxygens (including phenoxy) is 1. The smallest absolute Gasteiger partial charge is 0.207 e. The van der Waals surface area contributed by atoms with Crippen LogP contribution in [0.1, 0.15) is 19.9 Å². The van der Waals surface area contributed by atoms with Gasteiger partial charge in [-0.05, 0) is 38.1 Å². The molecule has 0 atom stereocenters. The SMILES string of the molecule is COc1ccc(Nc2nccn2C(C)C)cc1. The minimum Gasteiger partial charge on any atom is -0.497 e.